The van der Waals surface area contributed by atoms with Crippen LogP contribution >= 0.6 is 0 Å². The normalized spacial score (nSPS) is 16.0. The van der Waals surface area contributed by atoms with Gasteiger partial charge in [-0.1, -0.05) is 18.2 Å². The highest BCUT2D eigenvalue weighted by Gasteiger charge is 2.30. The molecule has 3 aromatic heterocycles. The van der Waals surface area contributed by atoms with Crippen LogP contribution in [-0.2, 0) is 16.1 Å². The molecular formula is C28H31N9O2. The van der Waals surface area contributed by atoms with Gasteiger partial charge in [-0.3, -0.25) is 14.6 Å². The molecule has 39 heavy (non-hydrogen) atoms. The van der Waals surface area contributed by atoms with Gasteiger partial charge in [0, 0.05) is 50.0 Å². The summed E-state index contributed by atoms with van der Waals surface area (Å²) in [5.74, 6) is 2.01. The number of hydrogen-bond donors (Lipinski definition) is 2. The minimum atomic E-state index is -0.240. The first-order chi connectivity index (χ1) is 19.0. The van der Waals surface area contributed by atoms with Crippen molar-refractivity contribution in [2.45, 2.75) is 19.5 Å². The molecule has 0 radical (unpaired) electrons. The quantitative estimate of drug-likeness (QED) is 0.329. The van der Waals surface area contributed by atoms with Gasteiger partial charge in [-0.05, 0) is 55.9 Å². The monoisotopic (exact) mass is 525 g/mol. The van der Waals surface area contributed by atoms with Gasteiger partial charge in [0.05, 0.1) is 7.11 Å². The lowest BCUT2D eigenvalue weighted by atomic mass is 10.1. The van der Waals surface area contributed by atoms with E-state index in [9.17, 15) is 4.79 Å². The fourth-order valence-corrected chi connectivity index (χ4v) is 4.38. The van der Waals surface area contributed by atoms with Gasteiger partial charge < -0.3 is 15.4 Å². The Hall–Kier alpha value is -4.48. The minimum absolute atomic E-state index is 0.193. The molecule has 0 aliphatic carbocycles. The molecule has 5 rings (SSSR count). The third kappa shape index (κ3) is 6.70. The van der Waals surface area contributed by atoms with Crippen molar-refractivity contribution in [3.8, 4) is 11.5 Å². The second-order valence-electron chi connectivity index (χ2n) is 9.40. The van der Waals surface area contributed by atoms with E-state index in [0.29, 0.717) is 35.6 Å². The zero-order valence-electron chi connectivity index (χ0n) is 22.2. The molecule has 1 fully saturated rings. The lowest BCUT2D eigenvalue weighted by molar-refractivity contribution is -0.148. The number of likely N-dealkylation sites (N-methyl/N-ethyl adjacent to an activating group) is 1. The SMILES string of the molecule is COC(=O)C1CN(Cc2ccc(Nc3nccc(Nc4ccnc(-c5cccc(C)n5)n4)n3)cc2)CCN1C. The van der Waals surface area contributed by atoms with Gasteiger partial charge >= 0.3 is 5.97 Å². The summed E-state index contributed by atoms with van der Waals surface area (Å²) < 4.78 is 4.96. The maximum absolute atomic E-state index is 12.1. The van der Waals surface area contributed by atoms with Crippen LogP contribution in [-0.4, -0.2) is 80.5 Å². The van der Waals surface area contributed by atoms with Crippen molar-refractivity contribution >= 4 is 29.2 Å². The second-order valence-corrected chi connectivity index (χ2v) is 9.40. The van der Waals surface area contributed by atoms with Crippen LogP contribution in [0, 0.1) is 6.92 Å². The molecule has 1 atom stereocenters. The minimum Gasteiger partial charge on any atom is -0.468 e. The number of methoxy groups -OCH3 is 1. The van der Waals surface area contributed by atoms with E-state index < -0.39 is 0 Å². The van der Waals surface area contributed by atoms with E-state index in [-0.39, 0.29) is 12.0 Å². The zero-order valence-corrected chi connectivity index (χ0v) is 22.2. The van der Waals surface area contributed by atoms with Crippen LogP contribution < -0.4 is 10.6 Å². The number of nitrogens with zero attached hydrogens (tertiary/aromatic N) is 7. The zero-order chi connectivity index (χ0) is 27.2. The van der Waals surface area contributed by atoms with E-state index in [1.165, 1.54) is 7.11 Å². The van der Waals surface area contributed by atoms with Crippen LogP contribution in [0.1, 0.15) is 11.3 Å². The molecule has 1 aliphatic heterocycles. The molecule has 0 bridgehead atoms. The molecule has 0 amide bonds. The van der Waals surface area contributed by atoms with Gasteiger partial charge in [0.1, 0.15) is 23.4 Å². The second kappa shape index (κ2) is 11.9. The van der Waals surface area contributed by atoms with Gasteiger partial charge in [0.2, 0.25) is 5.95 Å². The maximum Gasteiger partial charge on any atom is 0.324 e. The van der Waals surface area contributed by atoms with E-state index in [2.05, 4.69) is 52.6 Å². The Morgan fingerprint density at radius 2 is 1.72 bits per heavy atom. The number of aromatic nitrogens is 5. The molecule has 1 aliphatic rings. The number of nitrogens with one attached hydrogen (secondary N) is 2. The topological polar surface area (TPSA) is 121 Å². The first-order valence-corrected chi connectivity index (χ1v) is 12.7. The summed E-state index contributed by atoms with van der Waals surface area (Å²) in [6.45, 7) is 5.06. The van der Waals surface area contributed by atoms with Crippen LogP contribution in [0.15, 0.2) is 67.0 Å². The van der Waals surface area contributed by atoms with Crippen LogP contribution in [0.4, 0.5) is 23.3 Å². The lowest BCUT2D eigenvalue weighted by Gasteiger charge is -2.37. The van der Waals surface area contributed by atoms with Crippen LogP contribution in [0.2, 0.25) is 0 Å². The van der Waals surface area contributed by atoms with Crippen molar-refractivity contribution in [2.24, 2.45) is 0 Å². The van der Waals surface area contributed by atoms with Gasteiger partial charge in [-0.2, -0.15) is 4.98 Å². The van der Waals surface area contributed by atoms with E-state index in [1.807, 2.05) is 49.2 Å². The molecule has 1 aromatic carbocycles. The third-order valence-corrected chi connectivity index (χ3v) is 6.51. The number of esters is 1. The molecule has 1 saturated heterocycles. The Kier molecular flexibility index (Phi) is 7.99. The average Bonchev–Trinajstić information content (AvgIpc) is 2.95. The summed E-state index contributed by atoms with van der Waals surface area (Å²) in [7, 11) is 3.40. The Labute approximate surface area is 227 Å². The first-order valence-electron chi connectivity index (χ1n) is 12.7. The average molecular weight is 526 g/mol. The largest absolute Gasteiger partial charge is 0.468 e. The van der Waals surface area contributed by atoms with Crippen molar-refractivity contribution in [2.75, 3.05) is 44.4 Å². The smallest absolute Gasteiger partial charge is 0.324 e. The van der Waals surface area contributed by atoms with Crippen molar-refractivity contribution < 1.29 is 9.53 Å². The Morgan fingerprint density at radius 1 is 0.949 bits per heavy atom. The number of rotatable bonds is 8. The number of hydrogen-bond acceptors (Lipinski definition) is 11. The van der Waals surface area contributed by atoms with Crippen LogP contribution in [0.5, 0.6) is 0 Å². The molecule has 1 unspecified atom stereocenters. The highest BCUT2D eigenvalue weighted by atomic mass is 16.5. The van der Waals surface area contributed by atoms with E-state index in [0.717, 1.165) is 36.6 Å². The number of carbonyl (C=O) groups is 1. The summed E-state index contributed by atoms with van der Waals surface area (Å²) in [6.07, 6.45) is 3.37. The number of piperazine rings is 1. The number of pyridine rings is 1. The fraction of sp³-hybridized carbons (Fsp3) is 0.286. The third-order valence-electron chi connectivity index (χ3n) is 6.51. The van der Waals surface area contributed by atoms with Crippen molar-refractivity contribution in [1.82, 2.24) is 34.7 Å². The van der Waals surface area contributed by atoms with Gasteiger partial charge in [-0.25, -0.2) is 19.9 Å². The molecule has 11 heteroatoms. The van der Waals surface area contributed by atoms with Crippen molar-refractivity contribution in [3.63, 3.8) is 0 Å². The number of anilines is 4. The van der Waals surface area contributed by atoms with Gasteiger partial charge in [0.25, 0.3) is 0 Å². The summed E-state index contributed by atoms with van der Waals surface area (Å²) in [5.41, 5.74) is 3.65. The lowest BCUT2D eigenvalue weighted by Crippen LogP contribution is -2.54. The van der Waals surface area contributed by atoms with E-state index in [1.54, 1.807) is 24.5 Å². The summed E-state index contributed by atoms with van der Waals surface area (Å²) in [4.78, 5) is 38.7. The number of benzene rings is 1. The van der Waals surface area contributed by atoms with Crippen molar-refractivity contribution in [3.05, 3.63) is 78.2 Å². The Morgan fingerprint density at radius 3 is 2.49 bits per heavy atom. The summed E-state index contributed by atoms with van der Waals surface area (Å²) >= 11 is 0. The standard InChI is InChI=1S/C28H31N9O2/c1-19-5-4-6-22(31-19)26-29-13-11-24(34-26)33-25-12-14-30-28(35-25)32-21-9-7-20(8-10-21)17-37-16-15-36(2)23(18-37)27(38)39-3/h4-14,23H,15-18H2,1-3H3,(H2,29,30,32,33,34,35). The van der Waals surface area contributed by atoms with Crippen LogP contribution in [0.25, 0.3) is 11.5 Å². The van der Waals surface area contributed by atoms with Gasteiger partial charge in [-0.15, -0.1) is 0 Å². The molecule has 11 nitrogen and oxygen atoms in total. The summed E-state index contributed by atoms with van der Waals surface area (Å²) in [6, 6.07) is 17.2. The molecule has 2 N–H and O–H groups in total. The maximum atomic E-state index is 12.1. The van der Waals surface area contributed by atoms with Crippen LogP contribution in [0.3, 0.4) is 0 Å². The van der Waals surface area contributed by atoms with E-state index >= 15 is 0 Å². The molecular weight excluding hydrogens is 494 g/mol. The predicted molar refractivity (Wildman–Crippen MR) is 149 cm³/mol. The Bertz CT molecular complexity index is 1430. The molecule has 200 valence electrons. The fourth-order valence-electron chi connectivity index (χ4n) is 4.38. The number of aryl methyl sites for hydroxylation is 1. The van der Waals surface area contributed by atoms with Gasteiger partial charge in [0.15, 0.2) is 5.82 Å². The Balaban J connectivity index is 1.20. The highest BCUT2D eigenvalue weighted by Crippen LogP contribution is 2.20. The van der Waals surface area contributed by atoms with E-state index in [4.69, 9.17) is 4.74 Å². The molecule has 0 spiro atoms. The number of ether oxygens (including phenoxy) is 1. The first kappa shape index (κ1) is 26.1. The molecule has 0 saturated carbocycles. The number of carbonyl (C=O) groups excluding carboxylic acids is 1. The molecule has 4 aromatic rings. The summed E-state index contributed by atoms with van der Waals surface area (Å²) in [5, 5.41) is 6.47. The predicted octanol–water partition coefficient (Wildman–Crippen LogP) is 3.41. The van der Waals surface area contributed by atoms with Crippen molar-refractivity contribution in [1.29, 1.82) is 0 Å². The molecule has 4 heterocycles. The highest BCUT2D eigenvalue weighted by molar-refractivity contribution is 5.76.